The van der Waals surface area contributed by atoms with Crippen molar-refractivity contribution in [2.45, 2.75) is 13.2 Å². The molecule has 0 saturated heterocycles. The Hall–Kier alpha value is -1.85. The number of halogens is 1. The first-order valence-electron chi connectivity index (χ1n) is 6.14. The summed E-state index contributed by atoms with van der Waals surface area (Å²) in [6, 6.07) is 13.1. The van der Waals surface area contributed by atoms with Crippen molar-refractivity contribution in [1.29, 1.82) is 0 Å². The summed E-state index contributed by atoms with van der Waals surface area (Å²) in [5.74, 6) is -0.343. The Kier molecular flexibility index (Phi) is 3.23. The zero-order chi connectivity index (χ0) is 13.2. The average molecular weight is 257 g/mol. The fourth-order valence-electron chi connectivity index (χ4n) is 2.20. The lowest BCUT2D eigenvalue weighted by molar-refractivity contribution is 0.272. The van der Waals surface area contributed by atoms with E-state index in [-0.39, 0.29) is 12.4 Å². The highest BCUT2D eigenvalue weighted by Crippen LogP contribution is 2.21. The van der Waals surface area contributed by atoms with Crippen molar-refractivity contribution >= 4 is 18.3 Å². The van der Waals surface area contributed by atoms with Gasteiger partial charge in [0.2, 0.25) is 0 Å². The topological polar surface area (TPSA) is 41.5 Å². The van der Waals surface area contributed by atoms with E-state index in [9.17, 15) is 9.41 Å². The van der Waals surface area contributed by atoms with E-state index < -0.39 is 7.12 Å². The van der Waals surface area contributed by atoms with Crippen LogP contribution in [0.5, 0.6) is 0 Å². The molecule has 0 saturated carbocycles. The van der Waals surface area contributed by atoms with Gasteiger partial charge in [-0.05, 0) is 17.1 Å². The molecule has 0 aliphatic carbocycles. The van der Waals surface area contributed by atoms with Gasteiger partial charge in [0.15, 0.2) is 5.82 Å². The third kappa shape index (κ3) is 2.34. The van der Waals surface area contributed by atoms with Gasteiger partial charge in [0.1, 0.15) is 0 Å². The van der Waals surface area contributed by atoms with E-state index >= 15 is 0 Å². The van der Waals surface area contributed by atoms with Crippen LogP contribution in [-0.2, 0) is 17.8 Å². The highest BCUT2D eigenvalue weighted by molar-refractivity contribution is 6.61. The number of rotatable bonds is 3. The summed E-state index contributed by atoms with van der Waals surface area (Å²) in [5, 5.41) is 12.6. The third-order valence-corrected chi connectivity index (χ3v) is 3.26. The van der Waals surface area contributed by atoms with Gasteiger partial charge in [-0.2, -0.15) is 0 Å². The van der Waals surface area contributed by atoms with Gasteiger partial charge in [-0.1, -0.05) is 36.4 Å². The minimum absolute atomic E-state index is 0.114. The second-order valence-corrected chi connectivity index (χ2v) is 4.50. The lowest BCUT2D eigenvalue weighted by Gasteiger charge is -2.10. The average Bonchev–Trinajstić information content (AvgIpc) is 2.82. The van der Waals surface area contributed by atoms with Gasteiger partial charge in [-0.15, -0.1) is 0 Å². The molecule has 19 heavy (non-hydrogen) atoms. The Bertz CT molecular complexity index is 591. The van der Waals surface area contributed by atoms with E-state index in [2.05, 4.69) is 5.32 Å². The zero-order valence-corrected chi connectivity index (χ0v) is 10.3. The van der Waals surface area contributed by atoms with Gasteiger partial charge in [-0.3, -0.25) is 0 Å². The van der Waals surface area contributed by atoms with Crippen molar-refractivity contribution in [3.8, 4) is 0 Å². The normalized spacial score (nSPS) is 13.5. The van der Waals surface area contributed by atoms with Gasteiger partial charge in [0.25, 0.3) is 0 Å². The molecule has 1 aliphatic rings. The molecule has 0 fully saturated rings. The van der Waals surface area contributed by atoms with E-state index in [1.165, 1.54) is 0 Å². The number of hydrogen-bond acceptors (Lipinski definition) is 3. The van der Waals surface area contributed by atoms with Crippen LogP contribution in [0.4, 0.5) is 10.1 Å². The molecule has 1 aliphatic heterocycles. The van der Waals surface area contributed by atoms with Crippen LogP contribution in [0.15, 0.2) is 42.5 Å². The number of hydrogen-bond donors (Lipinski definition) is 2. The van der Waals surface area contributed by atoms with Crippen LogP contribution in [0.1, 0.15) is 11.1 Å². The Morgan fingerprint density at radius 1 is 1.21 bits per heavy atom. The summed E-state index contributed by atoms with van der Waals surface area (Å²) in [6.45, 7) is 0.670. The lowest BCUT2D eigenvalue weighted by atomic mass is 9.79. The highest BCUT2D eigenvalue weighted by Gasteiger charge is 2.30. The predicted molar refractivity (Wildman–Crippen MR) is 72.6 cm³/mol. The van der Waals surface area contributed by atoms with E-state index in [1.807, 2.05) is 30.3 Å². The molecule has 0 amide bonds. The maximum absolute atomic E-state index is 14.2. The van der Waals surface area contributed by atoms with Crippen LogP contribution in [-0.4, -0.2) is 12.1 Å². The SMILES string of the molecule is OB1OCc2c1ccc(NCc1ccccc1)c2F. The van der Waals surface area contributed by atoms with Crippen LogP contribution in [0.2, 0.25) is 0 Å². The summed E-state index contributed by atoms with van der Waals surface area (Å²) in [5.41, 5.74) is 2.47. The molecule has 5 heteroatoms. The Morgan fingerprint density at radius 3 is 2.79 bits per heavy atom. The summed E-state index contributed by atoms with van der Waals surface area (Å²) >= 11 is 0. The zero-order valence-electron chi connectivity index (χ0n) is 10.3. The highest BCUT2D eigenvalue weighted by atomic mass is 19.1. The first-order chi connectivity index (χ1) is 9.25. The molecule has 96 valence electrons. The fraction of sp³-hybridized carbons (Fsp3) is 0.143. The molecule has 3 nitrogen and oxygen atoms in total. The second-order valence-electron chi connectivity index (χ2n) is 4.50. The van der Waals surface area contributed by atoms with Gasteiger partial charge < -0.3 is 15.0 Å². The molecular weight excluding hydrogens is 244 g/mol. The summed E-state index contributed by atoms with van der Waals surface area (Å²) < 4.78 is 19.2. The van der Waals surface area contributed by atoms with Crippen LogP contribution in [0, 0.1) is 5.82 Å². The van der Waals surface area contributed by atoms with Crippen molar-refractivity contribution < 1.29 is 14.1 Å². The van der Waals surface area contributed by atoms with E-state index in [0.29, 0.717) is 23.3 Å². The van der Waals surface area contributed by atoms with Crippen LogP contribution >= 0.6 is 0 Å². The smallest absolute Gasteiger partial charge is 0.423 e. The summed E-state index contributed by atoms with van der Waals surface area (Å²) in [6.07, 6.45) is 0. The first kappa shape index (κ1) is 12.2. The molecule has 0 atom stereocenters. The van der Waals surface area contributed by atoms with Crippen molar-refractivity contribution in [2.24, 2.45) is 0 Å². The van der Waals surface area contributed by atoms with Crippen LogP contribution in [0.25, 0.3) is 0 Å². The van der Waals surface area contributed by atoms with Crippen molar-refractivity contribution in [1.82, 2.24) is 0 Å². The Balaban J connectivity index is 1.79. The summed E-state index contributed by atoms with van der Waals surface area (Å²) in [4.78, 5) is 0. The lowest BCUT2D eigenvalue weighted by Crippen LogP contribution is -2.28. The minimum Gasteiger partial charge on any atom is -0.423 e. The number of benzene rings is 2. The van der Waals surface area contributed by atoms with E-state index in [1.54, 1.807) is 12.1 Å². The maximum atomic E-state index is 14.2. The van der Waals surface area contributed by atoms with E-state index in [0.717, 1.165) is 5.56 Å². The molecule has 2 aromatic rings. The largest absolute Gasteiger partial charge is 0.491 e. The molecular formula is C14H13BFNO2. The predicted octanol–water partition coefficient (Wildman–Crippen LogP) is 1.66. The maximum Gasteiger partial charge on any atom is 0.491 e. The number of fused-ring (bicyclic) bond motifs is 1. The Labute approximate surface area is 111 Å². The monoisotopic (exact) mass is 257 g/mol. The molecule has 2 N–H and O–H groups in total. The molecule has 0 bridgehead atoms. The minimum atomic E-state index is -1.01. The fourth-order valence-corrected chi connectivity index (χ4v) is 2.20. The molecule has 2 aromatic carbocycles. The Morgan fingerprint density at radius 2 is 2.00 bits per heavy atom. The van der Waals surface area contributed by atoms with E-state index in [4.69, 9.17) is 4.65 Å². The van der Waals surface area contributed by atoms with Crippen LogP contribution in [0.3, 0.4) is 0 Å². The number of anilines is 1. The molecule has 0 aromatic heterocycles. The van der Waals surface area contributed by atoms with Crippen LogP contribution < -0.4 is 10.8 Å². The number of nitrogens with one attached hydrogen (secondary N) is 1. The van der Waals surface area contributed by atoms with Gasteiger partial charge >= 0.3 is 7.12 Å². The second kappa shape index (κ2) is 5.03. The molecule has 3 rings (SSSR count). The molecule has 0 unspecified atom stereocenters. The van der Waals surface area contributed by atoms with Crippen molar-refractivity contribution in [2.75, 3.05) is 5.32 Å². The molecule has 0 spiro atoms. The molecule has 1 heterocycles. The first-order valence-corrected chi connectivity index (χ1v) is 6.14. The van der Waals surface area contributed by atoms with Gasteiger partial charge in [-0.25, -0.2) is 4.39 Å². The quantitative estimate of drug-likeness (QED) is 0.821. The standard InChI is InChI=1S/C14H13BFNO2/c16-14-11-9-19-15(18)12(11)6-7-13(14)17-8-10-4-2-1-3-5-10/h1-7,17-18H,8-9H2. The summed E-state index contributed by atoms with van der Waals surface area (Å²) in [7, 11) is -1.01. The molecule has 0 radical (unpaired) electrons. The van der Waals surface area contributed by atoms with Gasteiger partial charge in [0, 0.05) is 12.1 Å². The van der Waals surface area contributed by atoms with Crippen molar-refractivity contribution in [3.05, 3.63) is 59.4 Å². The van der Waals surface area contributed by atoms with Crippen molar-refractivity contribution in [3.63, 3.8) is 0 Å². The third-order valence-electron chi connectivity index (χ3n) is 3.26. The van der Waals surface area contributed by atoms with Gasteiger partial charge in [0.05, 0.1) is 12.3 Å².